The molecule has 13 atom stereocenters. The van der Waals surface area contributed by atoms with E-state index >= 15 is 0 Å². The molecule has 2 aliphatic heterocycles. The third-order valence-electron chi connectivity index (χ3n) is 12.1. The Morgan fingerprint density at radius 3 is 2.46 bits per heavy atom. The summed E-state index contributed by atoms with van der Waals surface area (Å²) in [4.78, 5) is 11.8. The fraction of sp³-hybridized carbons (Fsp3) is 0.897. The SMILES string of the molecule is C[C@@H]1O[C@@H](O[C@H]2CC[C@@]3(C)[C@H](CC[C@@H]4[C@H]3CC[C@]3(C)[C@@H](C5=CC(=O)OC5)CC[C@]43O)C2)[C@H](O)[C@H](O)[C@H]1O. The number of hydrogen-bond donors (Lipinski definition) is 4. The van der Waals surface area contributed by atoms with Crippen molar-refractivity contribution in [3.05, 3.63) is 11.6 Å². The van der Waals surface area contributed by atoms with Gasteiger partial charge in [0.2, 0.25) is 0 Å². The van der Waals surface area contributed by atoms with Crippen LogP contribution in [-0.4, -0.2) is 75.4 Å². The summed E-state index contributed by atoms with van der Waals surface area (Å²) < 4.78 is 17.2. The first-order chi connectivity index (χ1) is 17.5. The first-order valence-electron chi connectivity index (χ1n) is 14.4. The maximum atomic E-state index is 12.4. The average molecular weight is 521 g/mol. The molecule has 2 heterocycles. The molecule has 5 fully saturated rings. The van der Waals surface area contributed by atoms with Crippen molar-refractivity contribution < 1.29 is 39.4 Å². The molecule has 6 aliphatic rings. The number of cyclic esters (lactones) is 1. The minimum absolute atomic E-state index is 0.0661. The maximum Gasteiger partial charge on any atom is 0.331 e. The second-order valence-corrected chi connectivity index (χ2v) is 13.5. The fourth-order valence-corrected chi connectivity index (χ4v) is 9.81. The Bertz CT molecular complexity index is 952. The molecule has 37 heavy (non-hydrogen) atoms. The number of hydrogen-bond acceptors (Lipinski definition) is 8. The highest BCUT2D eigenvalue weighted by atomic mass is 16.7. The topological polar surface area (TPSA) is 126 Å². The Balaban J connectivity index is 1.16. The maximum absolute atomic E-state index is 12.4. The van der Waals surface area contributed by atoms with E-state index in [1.54, 1.807) is 13.0 Å². The van der Waals surface area contributed by atoms with Crippen LogP contribution in [0.2, 0.25) is 0 Å². The van der Waals surface area contributed by atoms with E-state index in [1.165, 1.54) is 0 Å². The monoisotopic (exact) mass is 520 g/mol. The Hall–Kier alpha value is -1.03. The smallest absolute Gasteiger partial charge is 0.331 e. The summed E-state index contributed by atoms with van der Waals surface area (Å²) in [5.41, 5.74) is 0.243. The molecule has 4 aliphatic carbocycles. The average Bonchev–Trinajstić information content (AvgIpc) is 3.41. The van der Waals surface area contributed by atoms with Crippen molar-refractivity contribution in [1.29, 1.82) is 0 Å². The number of aliphatic hydroxyl groups excluding tert-OH is 3. The molecule has 8 nitrogen and oxygen atoms in total. The molecule has 0 amide bonds. The Kier molecular flexibility index (Phi) is 6.37. The van der Waals surface area contributed by atoms with Crippen LogP contribution in [0.3, 0.4) is 0 Å². The van der Waals surface area contributed by atoms with Gasteiger partial charge in [-0.25, -0.2) is 4.79 Å². The number of esters is 1. The van der Waals surface area contributed by atoms with Crippen molar-refractivity contribution in [3.8, 4) is 0 Å². The lowest BCUT2D eigenvalue weighted by atomic mass is 9.43. The quantitative estimate of drug-likeness (QED) is 0.330. The second kappa shape index (κ2) is 9.00. The van der Waals surface area contributed by atoms with Crippen LogP contribution in [-0.2, 0) is 19.0 Å². The van der Waals surface area contributed by atoms with Gasteiger partial charge in [-0.05, 0) is 99.4 Å². The molecule has 4 saturated carbocycles. The number of ether oxygens (including phenoxy) is 3. The molecule has 0 aromatic heterocycles. The Labute approximate surface area is 219 Å². The highest BCUT2D eigenvalue weighted by Crippen LogP contribution is 2.70. The van der Waals surface area contributed by atoms with Crippen molar-refractivity contribution in [2.75, 3.05) is 6.61 Å². The molecule has 0 radical (unpaired) electrons. The zero-order valence-corrected chi connectivity index (χ0v) is 22.3. The van der Waals surface area contributed by atoms with Gasteiger partial charge in [0.1, 0.15) is 24.9 Å². The number of rotatable bonds is 3. The van der Waals surface area contributed by atoms with Gasteiger partial charge in [0.05, 0.1) is 17.8 Å². The first-order valence-corrected chi connectivity index (χ1v) is 14.4. The molecule has 6 rings (SSSR count). The standard InChI is InChI=1S/C29H44O8/c1-15-23(31)24(32)25(33)26(36-15)37-18-6-9-27(2)17(13-18)4-5-21-20(27)7-10-28(3)19(8-11-29(21,28)34)16-12-22(30)35-14-16/h12,15,17-21,23-26,31-34H,4-11,13-14H2,1-3H3/t15-,17+,18-,19+,20+,21+,23-,24+,25+,26-,27-,28+,29-/m0/s1. The molecule has 0 aromatic rings. The highest BCUT2D eigenvalue weighted by Gasteiger charge is 2.67. The fourth-order valence-electron chi connectivity index (χ4n) is 9.81. The van der Waals surface area contributed by atoms with Crippen molar-refractivity contribution in [3.63, 3.8) is 0 Å². The van der Waals surface area contributed by atoms with E-state index in [0.29, 0.717) is 18.4 Å². The zero-order valence-electron chi connectivity index (χ0n) is 22.3. The van der Waals surface area contributed by atoms with Gasteiger partial charge in [0.15, 0.2) is 6.29 Å². The van der Waals surface area contributed by atoms with Gasteiger partial charge >= 0.3 is 5.97 Å². The van der Waals surface area contributed by atoms with E-state index in [9.17, 15) is 25.2 Å². The summed E-state index contributed by atoms with van der Waals surface area (Å²) in [5.74, 6) is 1.14. The van der Waals surface area contributed by atoms with Crippen LogP contribution in [0.1, 0.15) is 78.6 Å². The molecular formula is C29H44O8. The third kappa shape index (κ3) is 3.80. The van der Waals surface area contributed by atoms with E-state index in [0.717, 1.165) is 63.4 Å². The third-order valence-corrected chi connectivity index (χ3v) is 12.1. The number of aliphatic hydroxyl groups is 4. The van der Waals surface area contributed by atoms with Crippen LogP contribution in [0.4, 0.5) is 0 Å². The van der Waals surface area contributed by atoms with Crippen LogP contribution in [0.25, 0.3) is 0 Å². The van der Waals surface area contributed by atoms with E-state index in [2.05, 4.69) is 13.8 Å². The normalized spacial score (nSPS) is 55.6. The number of fused-ring (bicyclic) bond motifs is 5. The van der Waals surface area contributed by atoms with Crippen LogP contribution >= 0.6 is 0 Å². The molecule has 4 N–H and O–H groups in total. The molecule has 0 aromatic carbocycles. The lowest BCUT2D eigenvalue weighted by Gasteiger charge is -2.64. The van der Waals surface area contributed by atoms with Gasteiger partial charge in [0.25, 0.3) is 0 Å². The first kappa shape index (κ1) is 26.2. The zero-order chi connectivity index (χ0) is 26.3. The molecule has 1 saturated heterocycles. The largest absolute Gasteiger partial charge is 0.458 e. The number of carbonyl (C=O) groups excluding carboxylic acids is 1. The summed E-state index contributed by atoms with van der Waals surface area (Å²) in [6.45, 7) is 6.73. The minimum atomic E-state index is -1.28. The lowest BCUT2D eigenvalue weighted by molar-refractivity contribution is -0.310. The predicted octanol–water partition coefficient (Wildman–Crippen LogP) is 2.46. The van der Waals surface area contributed by atoms with Crippen LogP contribution in [0.15, 0.2) is 11.6 Å². The molecule has 0 unspecified atom stereocenters. The van der Waals surface area contributed by atoms with E-state index in [1.807, 2.05) is 0 Å². The number of carbonyl (C=O) groups is 1. The van der Waals surface area contributed by atoms with Gasteiger partial charge < -0.3 is 34.6 Å². The van der Waals surface area contributed by atoms with Gasteiger partial charge in [-0.1, -0.05) is 13.8 Å². The van der Waals surface area contributed by atoms with Crippen LogP contribution in [0, 0.1) is 34.5 Å². The van der Waals surface area contributed by atoms with Crippen molar-refractivity contribution >= 4 is 5.97 Å². The van der Waals surface area contributed by atoms with Crippen molar-refractivity contribution in [1.82, 2.24) is 0 Å². The molecule has 0 bridgehead atoms. The molecular weight excluding hydrogens is 476 g/mol. The molecule has 8 heteroatoms. The van der Waals surface area contributed by atoms with Crippen molar-refractivity contribution in [2.24, 2.45) is 34.5 Å². The summed E-state index contributed by atoms with van der Waals surface area (Å²) >= 11 is 0. The van der Waals surface area contributed by atoms with Gasteiger partial charge in [-0.15, -0.1) is 0 Å². The van der Waals surface area contributed by atoms with Crippen LogP contribution < -0.4 is 0 Å². The van der Waals surface area contributed by atoms with E-state index in [-0.39, 0.29) is 34.7 Å². The summed E-state index contributed by atoms with van der Waals surface area (Å²) in [6, 6.07) is 0. The van der Waals surface area contributed by atoms with E-state index < -0.39 is 36.3 Å². The highest BCUT2D eigenvalue weighted by molar-refractivity contribution is 5.85. The Morgan fingerprint density at radius 2 is 1.73 bits per heavy atom. The summed E-state index contributed by atoms with van der Waals surface area (Å²) in [6.07, 6.45) is 4.88. The van der Waals surface area contributed by atoms with Crippen LogP contribution in [0.5, 0.6) is 0 Å². The molecule has 208 valence electrons. The second-order valence-electron chi connectivity index (χ2n) is 13.5. The van der Waals surface area contributed by atoms with Gasteiger partial charge in [-0.2, -0.15) is 0 Å². The van der Waals surface area contributed by atoms with Gasteiger partial charge in [0, 0.05) is 11.5 Å². The summed E-state index contributed by atoms with van der Waals surface area (Å²) in [5, 5.41) is 43.0. The minimum Gasteiger partial charge on any atom is -0.458 e. The van der Waals surface area contributed by atoms with E-state index in [4.69, 9.17) is 14.2 Å². The molecule has 0 spiro atoms. The predicted molar refractivity (Wildman–Crippen MR) is 133 cm³/mol. The summed E-state index contributed by atoms with van der Waals surface area (Å²) in [7, 11) is 0. The van der Waals surface area contributed by atoms with Crippen molar-refractivity contribution in [2.45, 2.75) is 121 Å². The Morgan fingerprint density at radius 1 is 0.946 bits per heavy atom. The van der Waals surface area contributed by atoms with Gasteiger partial charge in [-0.3, -0.25) is 0 Å². The lowest BCUT2D eigenvalue weighted by Crippen LogP contribution is -2.62.